The third-order valence-corrected chi connectivity index (χ3v) is 13.3. The van der Waals surface area contributed by atoms with Gasteiger partial charge in [-0.25, -0.2) is 19.6 Å². The molecule has 62 heavy (non-hydrogen) atoms. The summed E-state index contributed by atoms with van der Waals surface area (Å²) in [6.07, 6.45) is 4.68. The Bertz CT molecular complexity index is 2250. The molecule has 1 saturated carbocycles. The van der Waals surface area contributed by atoms with Gasteiger partial charge < -0.3 is 54.3 Å². The predicted molar refractivity (Wildman–Crippen MR) is 229 cm³/mol. The summed E-state index contributed by atoms with van der Waals surface area (Å²) in [5, 5.41) is 17.3. The van der Waals surface area contributed by atoms with Crippen molar-refractivity contribution in [2.24, 2.45) is 23.7 Å². The molecule has 1 saturated heterocycles. The van der Waals surface area contributed by atoms with Crippen molar-refractivity contribution in [3.8, 4) is 45.1 Å². The van der Waals surface area contributed by atoms with Crippen LogP contribution in [0.3, 0.4) is 0 Å². The van der Waals surface area contributed by atoms with E-state index >= 15 is 0 Å². The van der Waals surface area contributed by atoms with Crippen molar-refractivity contribution in [1.29, 1.82) is 0 Å². The van der Waals surface area contributed by atoms with Crippen LogP contribution in [-0.4, -0.2) is 100 Å². The quantitative estimate of drug-likeness (QED) is 0.0942. The number of imidazole rings is 2. The van der Waals surface area contributed by atoms with E-state index in [0.717, 1.165) is 87.8 Å². The smallest absolute Gasteiger partial charge is 0.407 e. The van der Waals surface area contributed by atoms with E-state index in [0.29, 0.717) is 25.6 Å². The zero-order valence-corrected chi connectivity index (χ0v) is 36.7. The average Bonchev–Trinajstić information content (AvgIpc) is 4.09. The molecule has 5 unspecified atom stereocenters. The Morgan fingerprint density at radius 3 is 1.97 bits per heavy atom. The summed E-state index contributed by atoms with van der Waals surface area (Å²) < 4.78 is 28.2. The Labute approximate surface area is 361 Å². The second kappa shape index (κ2) is 17.6. The monoisotopic (exact) mass is 853 g/mol. The topological polar surface area (TPSA) is 202 Å². The van der Waals surface area contributed by atoms with Crippen LogP contribution in [0.2, 0.25) is 0 Å². The first kappa shape index (κ1) is 43.1. The van der Waals surface area contributed by atoms with Gasteiger partial charge in [-0.1, -0.05) is 27.7 Å². The number of aliphatic hydroxyl groups excluding tert-OH is 1. The number of carbonyl (C=O) groups is 3. The molecule has 1 aliphatic carbocycles. The van der Waals surface area contributed by atoms with Crippen molar-refractivity contribution in [3.63, 3.8) is 0 Å². The fourth-order valence-corrected chi connectivity index (χ4v) is 10.2. The van der Waals surface area contributed by atoms with Crippen molar-refractivity contribution in [2.45, 2.75) is 110 Å². The minimum atomic E-state index is -0.823. The second-order valence-electron chi connectivity index (χ2n) is 18.0. The van der Waals surface area contributed by atoms with Crippen molar-refractivity contribution in [1.82, 2.24) is 35.5 Å². The molecule has 4 aromatic rings. The van der Waals surface area contributed by atoms with Gasteiger partial charge in [0.25, 0.3) is 0 Å². The van der Waals surface area contributed by atoms with E-state index in [4.69, 9.17) is 33.7 Å². The number of H-pyrrole nitrogens is 2. The number of aliphatic hydroxyl groups is 1. The molecule has 2 aromatic heterocycles. The van der Waals surface area contributed by atoms with Crippen LogP contribution >= 0.6 is 0 Å². The Balaban J connectivity index is 1.03. The zero-order chi connectivity index (χ0) is 44.0. The van der Waals surface area contributed by atoms with Gasteiger partial charge in [0, 0.05) is 59.1 Å². The van der Waals surface area contributed by atoms with Crippen LogP contribution in [0.5, 0.6) is 11.5 Å². The second-order valence-corrected chi connectivity index (χ2v) is 18.0. The highest BCUT2D eigenvalue weighted by atomic mass is 16.5. The first-order chi connectivity index (χ1) is 29.8. The molecule has 2 aromatic carbocycles. The van der Waals surface area contributed by atoms with E-state index in [1.807, 2.05) is 57.8 Å². The van der Waals surface area contributed by atoms with Crippen LogP contribution in [0.15, 0.2) is 36.7 Å². The van der Waals surface area contributed by atoms with E-state index in [9.17, 15) is 19.5 Å². The Morgan fingerprint density at radius 1 is 0.823 bits per heavy atom. The first-order valence-corrected chi connectivity index (χ1v) is 21.7. The molecule has 5 heterocycles. The van der Waals surface area contributed by atoms with E-state index in [1.54, 1.807) is 13.3 Å². The van der Waals surface area contributed by atoms with Crippen LogP contribution in [0.25, 0.3) is 33.6 Å². The van der Waals surface area contributed by atoms with Crippen LogP contribution in [0.1, 0.15) is 95.0 Å². The number of methoxy groups -OCH3 is 3. The maximum atomic E-state index is 13.9. The molecule has 332 valence electrons. The van der Waals surface area contributed by atoms with E-state index in [-0.39, 0.29) is 47.6 Å². The number of nitrogens with zero attached hydrogens (tertiary/aromatic N) is 3. The van der Waals surface area contributed by atoms with Gasteiger partial charge in [0.1, 0.15) is 42.4 Å². The van der Waals surface area contributed by atoms with Crippen molar-refractivity contribution in [3.05, 3.63) is 59.4 Å². The summed E-state index contributed by atoms with van der Waals surface area (Å²) in [6.45, 7) is 11.0. The Hall–Kier alpha value is -5.61. The summed E-state index contributed by atoms with van der Waals surface area (Å²) in [7, 11) is 4.31. The van der Waals surface area contributed by atoms with Gasteiger partial charge >= 0.3 is 12.2 Å². The number of hydrogen-bond donors (Lipinski definition) is 5. The summed E-state index contributed by atoms with van der Waals surface area (Å²) in [6, 6.07) is 6.78. The van der Waals surface area contributed by atoms with Gasteiger partial charge in [0.05, 0.1) is 56.2 Å². The van der Waals surface area contributed by atoms with Gasteiger partial charge in [-0.05, 0) is 80.5 Å². The summed E-state index contributed by atoms with van der Waals surface area (Å²) in [4.78, 5) is 56.9. The molecule has 16 nitrogen and oxygen atoms in total. The zero-order valence-electron chi connectivity index (χ0n) is 36.7. The molecule has 5 N–H and O–H groups in total. The van der Waals surface area contributed by atoms with Crippen molar-refractivity contribution < 1.29 is 43.2 Å². The molecular weight excluding hydrogens is 795 g/mol. The minimum absolute atomic E-state index is 0.0258. The number of nitrogens with one attached hydrogen (secondary N) is 4. The number of alkyl carbamates (subject to hydrolysis) is 2. The lowest BCUT2D eigenvalue weighted by atomic mass is 9.83. The highest BCUT2D eigenvalue weighted by molar-refractivity contribution is 5.89. The summed E-state index contributed by atoms with van der Waals surface area (Å²) >= 11 is 0. The number of rotatable bonds is 13. The summed E-state index contributed by atoms with van der Waals surface area (Å²) in [5.74, 6) is 2.66. The molecule has 0 bridgehead atoms. The average molecular weight is 854 g/mol. The first-order valence-electron chi connectivity index (χ1n) is 21.7. The van der Waals surface area contributed by atoms with E-state index < -0.39 is 30.4 Å². The molecule has 16 heteroatoms. The molecule has 8 rings (SSSR count). The predicted octanol–water partition coefficient (Wildman–Crippen LogP) is 6.85. The van der Waals surface area contributed by atoms with Gasteiger partial charge in [-0.3, -0.25) is 4.79 Å². The number of amides is 3. The number of likely N-dealkylation sites (tertiary alicyclic amines) is 1. The van der Waals surface area contributed by atoms with Crippen molar-refractivity contribution in [2.75, 3.05) is 27.9 Å². The maximum Gasteiger partial charge on any atom is 0.407 e. The lowest BCUT2D eigenvalue weighted by molar-refractivity contribution is -0.137. The molecule has 0 spiro atoms. The standard InChI is InChI=1S/C46H59N7O9/c1-22(2)39(51-45(56)59-7)41(54)30-11-25(19-58-6)12-31(30)42-47-17-32(49-42)26-13-28-20-62-36-16-27(14-29-21-61-35(15-26)37(28)38(29)36)33-18-48-43(50-33)34-10-9-24(5)53(34)44(55)40(23(3)4)52-46(57)60-8/h13-18,22-25,30-31,34,39-41,54H,9-12,19-21H2,1-8H3,(H,47,49)(H,48,50)(H,51,56)(H,52,57)/t24-,25?,30?,31+,34?,39-,40?,41?/m0/s1. The Morgan fingerprint density at radius 2 is 1.40 bits per heavy atom. The number of benzene rings is 2. The molecular formula is C46H59N7O9. The SMILES string of the molecule is COCC1CC(C(O)[C@@H](NC(=O)OC)C(C)C)[C@H](c2ncc(-c3cc4c5c(c3)OCc3cc(-c6cnc(C7CC[C@H](C)N7C(=O)C(NC(=O)OC)C(C)C)[nH]6)cc(c3-5)OC4)[nH]2)C1. The number of aromatic amines is 2. The van der Waals surface area contributed by atoms with E-state index in [1.165, 1.54) is 14.2 Å². The number of aromatic nitrogens is 4. The molecule has 0 radical (unpaired) electrons. The molecule has 8 atom stereocenters. The fourth-order valence-electron chi connectivity index (χ4n) is 10.2. The highest BCUT2D eigenvalue weighted by Crippen LogP contribution is 2.51. The van der Waals surface area contributed by atoms with Crippen LogP contribution in [-0.2, 0) is 32.2 Å². The van der Waals surface area contributed by atoms with Crippen LogP contribution < -0.4 is 20.1 Å². The largest absolute Gasteiger partial charge is 0.488 e. The number of carbonyl (C=O) groups excluding carboxylic acids is 3. The highest BCUT2D eigenvalue weighted by Gasteiger charge is 2.45. The molecule has 4 aliphatic rings. The number of ether oxygens (including phenoxy) is 5. The van der Waals surface area contributed by atoms with Crippen molar-refractivity contribution >= 4 is 18.1 Å². The molecule has 3 amide bonds. The third kappa shape index (κ3) is 8.10. The van der Waals surface area contributed by atoms with Gasteiger partial charge in [0.2, 0.25) is 5.91 Å². The third-order valence-electron chi connectivity index (χ3n) is 13.3. The van der Waals surface area contributed by atoms with Crippen LogP contribution in [0, 0.1) is 23.7 Å². The fraction of sp³-hybridized carbons (Fsp3) is 0.543. The van der Waals surface area contributed by atoms with Gasteiger partial charge in [-0.2, -0.15) is 0 Å². The molecule has 2 fully saturated rings. The lowest BCUT2D eigenvalue weighted by Crippen LogP contribution is -2.52. The summed E-state index contributed by atoms with van der Waals surface area (Å²) in [5.41, 5.74) is 7.47. The van der Waals surface area contributed by atoms with E-state index in [2.05, 4.69) is 32.7 Å². The van der Waals surface area contributed by atoms with Gasteiger partial charge in [0.15, 0.2) is 0 Å². The maximum absolute atomic E-state index is 13.9. The normalized spacial score (nSPS) is 22.7. The number of hydrogen-bond acceptors (Lipinski definition) is 11. The lowest BCUT2D eigenvalue weighted by Gasteiger charge is -2.33. The van der Waals surface area contributed by atoms with Crippen LogP contribution in [0.4, 0.5) is 9.59 Å². The van der Waals surface area contributed by atoms with Gasteiger partial charge in [-0.15, -0.1) is 0 Å². The molecule has 3 aliphatic heterocycles. The minimum Gasteiger partial charge on any atom is -0.488 e. The Kier molecular flexibility index (Phi) is 12.2.